The highest BCUT2D eigenvalue weighted by Gasteiger charge is 2.38. The van der Waals surface area contributed by atoms with E-state index in [9.17, 15) is 14.7 Å². The van der Waals surface area contributed by atoms with Crippen LogP contribution in [0.25, 0.3) is 20.9 Å². The molecule has 5 rings (SSSR count). The summed E-state index contributed by atoms with van der Waals surface area (Å²) in [5.41, 5.74) is 0.808. The van der Waals surface area contributed by atoms with E-state index in [0.717, 1.165) is 0 Å². The minimum absolute atomic E-state index is 0.152. The van der Waals surface area contributed by atoms with Gasteiger partial charge in [-0.25, -0.2) is 19.7 Å². The molecule has 0 saturated heterocycles. The molecule has 0 radical (unpaired) electrons. The lowest BCUT2D eigenvalue weighted by Gasteiger charge is -2.13. The number of pyridine rings is 1. The molecule has 0 aliphatic carbocycles. The molecule has 9 nitrogen and oxygen atoms in total. The molecule has 142 valence electrons. The Balaban J connectivity index is 1.64. The van der Waals surface area contributed by atoms with Gasteiger partial charge in [-0.1, -0.05) is 18.2 Å². The van der Waals surface area contributed by atoms with Crippen LogP contribution in [0.15, 0.2) is 55.0 Å². The summed E-state index contributed by atoms with van der Waals surface area (Å²) in [5.74, 6) is 1.16. The van der Waals surface area contributed by atoms with E-state index in [0.29, 0.717) is 33.1 Å². The summed E-state index contributed by atoms with van der Waals surface area (Å²) in [6.07, 6.45) is 4.33. The molecule has 1 unspecified atom stereocenters. The minimum atomic E-state index is -1.55. The molecule has 2 amide bonds. The van der Waals surface area contributed by atoms with Gasteiger partial charge in [0, 0.05) is 6.20 Å². The lowest BCUT2D eigenvalue weighted by molar-refractivity contribution is -0.233. The van der Waals surface area contributed by atoms with E-state index in [-0.39, 0.29) is 10.7 Å². The maximum absolute atomic E-state index is 12.0. The average Bonchev–Trinajstić information content (AvgIpc) is 3.05. The summed E-state index contributed by atoms with van der Waals surface area (Å²) in [7, 11) is -1.55. The second kappa shape index (κ2) is 6.53. The Labute approximate surface area is 166 Å². The molecule has 0 spiro atoms. The van der Waals surface area contributed by atoms with Crippen LogP contribution in [0, 0.1) is 0 Å². The molecule has 1 aromatic carbocycles. The first-order chi connectivity index (χ1) is 14.1. The molecule has 10 heteroatoms. The Hall–Kier alpha value is -4.05. The summed E-state index contributed by atoms with van der Waals surface area (Å²) < 4.78 is 5.67. The van der Waals surface area contributed by atoms with Gasteiger partial charge in [0.25, 0.3) is 9.71 Å². The number of thiophene rings is 1. The molecule has 1 atom stereocenters. The fourth-order valence-corrected chi connectivity index (χ4v) is 4.86. The molecule has 0 saturated carbocycles. The Bertz CT molecular complexity index is 1270. The van der Waals surface area contributed by atoms with Gasteiger partial charge in [0.15, 0.2) is 5.75 Å². The Morgan fingerprint density at radius 1 is 1.00 bits per heavy atom. The van der Waals surface area contributed by atoms with E-state index in [4.69, 9.17) is 4.74 Å². The van der Waals surface area contributed by atoms with Crippen molar-refractivity contribution in [2.75, 3.05) is 10.6 Å². The zero-order chi connectivity index (χ0) is 20.0. The smallest absolute Gasteiger partial charge is 0.323 e. The minimum Gasteiger partial charge on any atom is -0.500 e. The van der Waals surface area contributed by atoms with Gasteiger partial charge in [-0.2, -0.15) is 0 Å². The highest BCUT2D eigenvalue weighted by atomic mass is 32.2. The fourth-order valence-electron chi connectivity index (χ4n) is 3.12. The first kappa shape index (κ1) is 17.1. The monoisotopic (exact) mass is 405 g/mol. The highest BCUT2D eigenvalue weighted by Crippen LogP contribution is 2.51. The number of urea groups is 1. The van der Waals surface area contributed by atoms with E-state index in [1.165, 1.54) is 18.6 Å². The van der Waals surface area contributed by atoms with E-state index in [1.807, 2.05) is 18.2 Å². The van der Waals surface area contributed by atoms with Crippen molar-refractivity contribution in [2.45, 2.75) is 0 Å². The predicted octanol–water partition coefficient (Wildman–Crippen LogP) is 3.38. The number of nitrogens with one attached hydrogen (secondary N) is 2. The third kappa shape index (κ3) is 2.82. The first-order valence-electron chi connectivity index (χ1n) is 8.44. The van der Waals surface area contributed by atoms with E-state index < -0.39 is 21.8 Å². The number of carbonyl (C=O) groups excluding carboxylic acids is 2. The molecule has 4 heterocycles. The maximum atomic E-state index is 12.0. The lowest BCUT2D eigenvalue weighted by atomic mass is 10.2. The lowest BCUT2D eigenvalue weighted by Crippen LogP contribution is -2.23. The van der Waals surface area contributed by atoms with E-state index in [1.54, 1.807) is 18.2 Å². The number of rotatable bonds is 4. The first-order valence-corrected chi connectivity index (χ1v) is 9.66. The van der Waals surface area contributed by atoms with E-state index >= 15 is 0 Å². The summed E-state index contributed by atoms with van der Waals surface area (Å²) in [5, 5.41) is 16.4. The molecular formula is C19H11N5O4S. The number of ether oxygens (including phenoxy) is 1. The predicted molar refractivity (Wildman–Crippen MR) is 105 cm³/mol. The van der Waals surface area contributed by atoms with Crippen molar-refractivity contribution in [3.63, 3.8) is 0 Å². The van der Waals surface area contributed by atoms with Crippen molar-refractivity contribution in [3.8, 4) is 22.2 Å². The van der Waals surface area contributed by atoms with Gasteiger partial charge in [-0.15, -0.1) is 0 Å². The Morgan fingerprint density at radius 2 is 1.76 bits per heavy atom. The third-order valence-corrected chi connectivity index (χ3v) is 6.08. The van der Waals surface area contributed by atoms with Gasteiger partial charge in [-0.05, 0) is 18.2 Å². The van der Waals surface area contributed by atoms with Crippen LogP contribution in [0.5, 0.6) is 11.5 Å². The fraction of sp³-hybridized carbons (Fsp3) is 0. The standard InChI is InChI=1S/C19H11N5O4S/c25-18-23-12-6-7-20-17-13(12)14(24-18)15(29(17)19(26)27)16-21-8-11(9-22-16)28-10-4-2-1-3-5-10/h1-9H,(H2-,20,21,22,23,24,25,26,27). The van der Waals surface area contributed by atoms with Gasteiger partial charge >= 0.3 is 11.3 Å². The van der Waals surface area contributed by atoms with Gasteiger partial charge < -0.3 is 25.3 Å². The number of carbonyl (C=O) groups is 2. The summed E-state index contributed by atoms with van der Waals surface area (Å²) in [6.45, 7) is 0. The molecule has 2 N–H and O–H groups in total. The largest absolute Gasteiger partial charge is 0.500 e. The number of anilines is 2. The normalized spacial score (nSPS) is 13.0. The van der Waals surface area contributed by atoms with Crippen molar-refractivity contribution >= 4 is 43.4 Å². The zero-order valence-corrected chi connectivity index (χ0v) is 15.4. The van der Waals surface area contributed by atoms with Crippen LogP contribution >= 0.6 is 10.5 Å². The maximum Gasteiger partial charge on any atom is 0.323 e. The summed E-state index contributed by atoms with van der Waals surface area (Å²) >= 11 is 0. The number of hydrogen-bond donors (Lipinski definition) is 2. The van der Waals surface area contributed by atoms with E-state index in [2.05, 4.69) is 25.6 Å². The number of hydrogen-bond acceptors (Lipinski definition) is 7. The van der Waals surface area contributed by atoms with Crippen molar-refractivity contribution in [1.29, 1.82) is 0 Å². The van der Waals surface area contributed by atoms with Crippen LogP contribution in [0.1, 0.15) is 0 Å². The van der Waals surface area contributed by atoms with Crippen LogP contribution in [0.4, 0.5) is 21.0 Å². The van der Waals surface area contributed by atoms with Gasteiger partial charge in [0.2, 0.25) is 5.82 Å². The number of amides is 2. The van der Waals surface area contributed by atoms with Gasteiger partial charge in [0.05, 0.1) is 28.6 Å². The molecule has 1 aliphatic heterocycles. The second-order valence-electron chi connectivity index (χ2n) is 6.04. The summed E-state index contributed by atoms with van der Waals surface area (Å²) in [4.78, 5) is 37.3. The number of nitrogens with zero attached hydrogens (tertiary/aromatic N) is 3. The van der Waals surface area contributed by atoms with Crippen LogP contribution in [-0.4, -0.2) is 26.3 Å². The molecular weight excluding hydrogens is 394 g/mol. The quantitative estimate of drug-likeness (QED) is 0.498. The second-order valence-corrected chi connectivity index (χ2v) is 7.78. The Morgan fingerprint density at radius 3 is 2.48 bits per heavy atom. The number of carboxylic acid groups (broad SMARTS) is 1. The topological polar surface area (TPSA) is 129 Å². The van der Waals surface area contributed by atoms with Gasteiger partial charge in [-0.3, -0.25) is 0 Å². The highest BCUT2D eigenvalue weighted by molar-refractivity contribution is 7.57. The molecule has 4 aromatic rings. The number of benzene rings is 1. The Kier molecular flexibility index (Phi) is 3.85. The van der Waals surface area contributed by atoms with Crippen LogP contribution in [0.2, 0.25) is 0 Å². The molecule has 1 aliphatic rings. The molecule has 0 fully saturated rings. The summed E-state index contributed by atoms with van der Waals surface area (Å²) in [6, 6.07) is 10.2. The van der Waals surface area contributed by atoms with Crippen molar-refractivity contribution in [3.05, 3.63) is 55.0 Å². The third-order valence-electron chi connectivity index (χ3n) is 4.25. The van der Waals surface area contributed by atoms with Crippen molar-refractivity contribution < 1.29 is 19.4 Å². The van der Waals surface area contributed by atoms with Crippen molar-refractivity contribution in [2.24, 2.45) is 0 Å². The molecule has 3 aromatic heterocycles. The SMILES string of the molecule is O=C1Nc2ccnc3c2c(c(-c2ncc(Oc4ccccc4)cn2)[s+]3C(=O)[O-])N1. The number of aromatic nitrogens is 3. The molecule has 0 bridgehead atoms. The van der Waals surface area contributed by atoms with Gasteiger partial charge in [0.1, 0.15) is 16.8 Å². The number of para-hydroxylation sites is 1. The van der Waals surface area contributed by atoms with Crippen LogP contribution in [0.3, 0.4) is 0 Å². The molecule has 29 heavy (non-hydrogen) atoms. The van der Waals surface area contributed by atoms with Crippen LogP contribution in [-0.2, 0) is 0 Å². The van der Waals surface area contributed by atoms with Crippen LogP contribution < -0.4 is 20.5 Å². The zero-order valence-electron chi connectivity index (χ0n) is 14.6. The average molecular weight is 405 g/mol. The van der Waals surface area contributed by atoms with Crippen molar-refractivity contribution in [1.82, 2.24) is 15.0 Å².